The molecular formula is C11H11ClO2. The SMILES string of the molecule is C[C@@H]1CC(=O)O[C@@H]1c1ccc(Cl)cc1. The van der Waals surface area contributed by atoms with Crippen molar-refractivity contribution < 1.29 is 9.53 Å². The lowest BCUT2D eigenvalue weighted by Gasteiger charge is -2.13. The molecule has 0 radical (unpaired) electrons. The van der Waals surface area contributed by atoms with Crippen molar-refractivity contribution >= 4 is 17.6 Å². The number of rotatable bonds is 1. The van der Waals surface area contributed by atoms with Crippen LogP contribution in [-0.4, -0.2) is 5.97 Å². The second kappa shape index (κ2) is 3.62. The summed E-state index contributed by atoms with van der Waals surface area (Å²) in [5, 5.41) is 0.700. The van der Waals surface area contributed by atoms with Crippen LogP contribution in [0.5, 0.6) is 0 Å². The first-order chi connectivity index (χ1) is 6.66. The molecule has 1 heterocycles. The minimum Gasteiger partial charge on any atom is -0.457 e. The van der Waals surface area contributed by atoms with E-state index in [9.17, 15) is 4.79 Å². The molecule has 1 saturated heterocycles. The fraction of sp³-hybridized carbons (Fsp3) is 0.364. The Morgan fingerprint density at radius 1 is 1.36 bits per heavy atom. The quantitative estimate of drug-likeness (QED) is 0.667. The van der Waals surface area contributed by atoms with E-state index in [1.54, 1.807) is 0 Å². The summed E-state index contributed by atoms with van der Waals surface area (Å²) in [4.78, 5) is 11.1. The molecule has 74 valence electrons. The van der Waals surface area contributed by atoms with Crippen LogP contribution in [0.15, 0.2) is 24.3 Å². The average molecular weight is 211 g/mol. The summed E-state index contributed by atoms with van der Waals surface area (Å²) in [5.41, 5.74) is 1.02. The summed E-state index contributed by atoms with van der Waals surface area (Å²) < 4.78 is 5.22. The highest BCUT2D eigenvalue weighted by atomic mass is 35.5. The maximum atomic E-state index is 11.1. The van der Waals surface area contributed by atoms with Gasteiger partial charge >= 0.3 is 5.97 Å². The molecule has 3 heteroatoms. The van der Waals surface area contributed by atoms with Crippen LogP contribution in [0, 0.1) is 5.92 Å². The third-order valence-electron chi connectivity index (χ3n) is 2.46. The van der Waals surface area contributed by atoms with E-state index in [-0.39, 0.29) is 18.0 Å². The van der Waals surface area contributed by atoms with E-state index in [0.717, 1.165) is 5.56 Å². The first-order valence-corrected chi connectivity index (χ1v) is 4.99. The number of esters is 1. The van der Waals surface area contributed by atoms with Crippen LogP contribution in [0.2, 0.25) is 5.02 Å². The zero-order chi connectivity index (χ0) is 10.1. The van der Waals surface area contributed by atoms with Gasteiger partial charge in [-0.25, -0.2) is 0 Å². The lowest BCUT2D eigenvalue weighted by Crippen LogP contribution is -2.03. The van der Waals surface area contributed by atoms with Crippen LogP contribution in [0.3, 0.4) is 0 Å². The number of cyclic esters (lactones) is 1. The maximum Gasteiger partial charge on any atom is 0.306 e. The van der Waals surface area contributed by atoms with Crippen molar-refractivity contribution in [2.75, 3.05) is 0 Å². The Morgan fingerprint density at radius 3 is 2.50 bits per heavy atom. The standard InChI is InChI=1S/C11H11ClO2/c1-7-6-10(13)14-11(7)8-2-4-9(12)5-3-8/h2-5,7,11H,6H2,1H3/t7-,11+/m1/s1. The van der Waals surface area contributed by atoms with Crippen molar-refractivity contribution in [3.63, 3.8) is 0 Å². The van der Waals surface area contributed by atoms with Gasteiger partial charge in [0.15, 0.2) is 0 Å². The second-order valence-corrected chi connectivity index (χ2v) is 4.08. The number of ether oxygens (including phenoxy) is 1. The zero-order valence-corrected chi connectivity index (χ0v) is 8.62. The van der Waals surface area contributed by atoms with Gasteiger partial charge in [0, 0.05) is 10.9 Å². The number of hydrogen-bond donors (Lipinski definition) is 0. The van der Waals surface area contributed by atoms with Gasteiger partial charge in [0.1, 0.15) is 6.10 Å². The molecule has 2 nitrogen and oxygen atoms in total. The predicted molar refractivity (Wildman–Crippen MR) is 54.1 cm³/mol. The summed E-state index contributed by atoms with van der Waals surface area (Å²) in [6, 6.07) is 7.44. The third kappa shape index (κ3) is 1.75. The van der Waals surface area contributed by atoms with E-state index in [1.165, 1.54) is 0 Å². The van der Waals surface area contributed by atoms with Crippen LogP contribution in [0.4, 0.5) is 0 Å². The molecule has 0 aliphatic carbocycles. The maximum absolute atomic E-state index is 11.1. The van der Waals surface area contributed by atoms with Gasteiger partial charge < -0.3 is 4.74 Å². The van der Waals surface area contributed by atoms with Gasteiger partial charge in [0.25, 0.3) is 0 Å². The molecule has 1 aromatic carbocycles. The molecule has 0 spiro atoms. The van der Waals surface area contributed by atoms with Gasteiger partial charge in [-0.15, -0.1) is 0 Å². The molecule has 0 N–H and O–H groups in total. The second-order valence-electron chi connectivity index (χ2n) is 3.64. The summed E-state index contributed by atoms with van der Waals surface area (Å²) in [6.07, 6.45) is 0.410. The molecule has 1 fully saturated rings. The van der Waals surface area contributed by atoms with Crippen LogP contribution in [-0.2, 0) is 9.53 Å². The van der Waals surface area contributed by atoms with E-state index >= 15 is 0 Å². The first kappa shape index (κ1) is 9.53. The van der Waals surface area contributed by atoms with Crippen LogP contribution < -0.4 is 0 Å². The number of halogens is 1. The smallest absolute Gasteiger partial charge is 0.306 e. The molecule has 0 aromatic heterocycles. The highest BCUT2D eigenvalue weighted by molar-refractivity contribution is 6.30. The fourth-order valence-corrected chi connectivity index (χ4v) is 1.85. The van der Waals surface area contributed by atoms with Crippen molar-refractivity contribution in [3.8, 4) is 0 Å². The molecule has 1 aliphatic rings. The van der Waals surface area contributed by atoms with Gasteiger partial charge in [-0.05, 0) is 17.7 Å². The number of carbonyl (C=O) groups is 1. The Balaban J connectivity index is 2.23. The monoisotopic (exact) mass is 210 g/mol. The van der Waals surface area contributed by atoms with E-state index in [4.69, 9.17) is 16.3 Å². The minimum absolute atomic E-state index is 0.0974. The summed E-state index contributed by atoms with van der Waals surface area (Å²) in [5.74, 6) is 0.140. The molecule has 1 aromatic rings. The molecule has 0 saturated carbocycles. The van der Waals surface area contributed by atoms with Gasteiger partial charge in [-0.3, -0.25) is 4.79 Å². The van der Waals surface area contributed by atoms with Crippen LogP contribution in [0.1, 0.15) is 25.0 Å². The predicted octanol–water partition coefficient (Wildman–Crippen LogP) is 2.96. The van der Waals surface area contributed by atoms with Gasteiger partial charge in [-0.1, -0.05) is 30.7 Å². The summed E-state index contributed by atoms with van der Waals surface area (Å²) >= 11 is 5.78. The summed E-state index contributed by atoms with van der Waals surface area (Å²) in [6.45, 7) is 2.02. The molecule has 0 bridgehead atoms. The molecule has 14 heavy (non-hydrogen) atoms. The van der Waals surface area contributed by atoms with Crippen molar-refractivity contribution in [1.29, 1.82) is 0 Å². The van der Waals surface area contributed by atoms with Crippen LogP contribution >= 0.6 is 11.6 Å². The molecule has 1 aliphatic heterocycles. The van der Waals surface area contributed by atoms with Gasteiger partial charge in [-0.2, -0.15) is 0 Å². The number of carbonyl (C=O) groups excluding carboxylic acids is 1. The Kier molecular flexibility index (Phi) is 2.46. The number of hydrogen-bond acceptors (Lipinski definition) is 2. The van der Waals surface area contributed by atoms with E-state index in [1.807, 2.05) is 31.2 Å². The van der Waals surface area contributed by atoms with Gasteiger partial charge in [0.05, 0.1) is 6.42 Å². The molecule has 0 amide bonds. The minimum atomic E-state index is -0.113. The summed E-state index contributed by atoms with van der Waals surface area (Å²) in [7, 11) is 0. The third-order valence-corrected chi connectivity index (χ3v) is 2.71. The zero-order valence-electron chi connectivity index (χ0n) is 7.87. The Bertz CT molecular complexity index is 345. The molecule has 2 rings (SSSR count). The highest BCUT2D eigenvalue weighted by Gasteiger charge is 2.32. The average Bonchev–Trinajstić information content (AvgIpc) is 2.47. The van der Waals surface area contributed by atoms with E-state index in [2.05, 4.69) is 0 Å². The molecule has 0 unspecified atom stereocenters. The van der Waals surface area contributed by atoms with Crippen molar-refractivity contribution in [1.82, 2.24) is 0 Å². The Labute approximate surface area is 87.8 Å². The highest BCUT2D eigenvalue weighted by Crippen LogP contribution is 2.35. The molecule has 2 atom stereocenters. The van der Waals surface area contributed by atoms with Crippen molar-refractivity contribution in [3.05, 3.63) is 34.9 Å². The normalized spacial score (nSPS) is 26.3. The van der Waals surface area contributed by atoms with E-state index < -0.39 is 0 Å². The van der Waals surface area contributed by atoms with Crippen LogP contribution in [0.25, 0.3) is 0 Å². The van der Waals surface area contributed by atoms with Crippen molar-refractivity contribution in [2.24, 2.45) is 5.92 Å². The Morgan fingerprint density at radius 2 is 2.00 bits per heavy atom. The van der Waals surface area contributed by atoms with Crippen molar-refractivity contribution in [2.45, 2.75) is 19.4 Å². The Hall–Kier alpha value is -1.02. The number of benzene rings is 1. The lowest BCUT2D eigenvalue weighted by atomic mass is 9.97. The van der Waals surface area contributed by atoms with E-state index in [0.29, 0.717) is 11.4 Å². The lowest BCUT2D eigenvalue weighted by molar-refractivity contribution is -0.141. The fourth-order valence-electron chi connectivity index (χ4n) is 1.72. The van der Waals surface area contributed by atoms with Gasteiger partial charge in [0.2, 0.25) is 0 Å². The largest absolute Gasteiger partial charge is 0.457 e. The topological polar surface area (TPSA) is 26.3 Å². The molecular weight excluding hydrogens is 200 g/mol. The first-order valence-electron chi connectivity index (χ1n) is 4.62.